The molecule has 1 aromatic carbocycles. The zero-order valence-electron chi connectivity index (χ0n) is 16.4. The molecule has 0 spiro atoms. The minimum atomic E-state index is -0.0907. The molecular weight excluding hydrogens is 388 g/mol. The first kappa shape index (κ1) is 19.7. The molecule has 152 valence electrons. The summed E-state index contributed by atoms with van der Waals surface area (Å²) in [5.74, 6) is 0.127. The third-order valence-corrected chi connectivity index (χ3v) is 6.46. The Kier molecular flexibility index (Phi) is 5.73. The van der Waals surface area contributed by atoms with E-state index in [-0.39, 0.29) is 30.1 Å². The minimum absolute atomic E-state index is 0.000185. The standard InChI is InChI=1S/C21H24N4O3S/c1-13(26)14-5-7-16(8-6-14)22-19(27)12-25-10-9-17-18(11-25)29-21(23-17)24-20(28)15-3-2-4-15/h5-8,15H,2-4,9-12H2,1H3,(H,22,27)(H,23,24,28). The largest absolute Gasteiger partial charge is 0.325 e. The maximum Gasteiger partial charge on any atom is 0.238 e. The Morgan fingerprint density at radius 3 is 2.59 bits per heavy atom. The molecule has 1 aromatic heterocycles. The lowest BCUT2D eigenvalue weighted by Crippen LogP contribution is -2.36. The highest BCUT2D eigenvalue weighted by Crippen LogP contribution is 2.31. The number of rotatable bonds is 6. The van der Waals surface area contributed by atoms with E-state index in [1.54, 1.807) is 24.3 Å². The van der Waals surface area contributed by atoms with Gasteiger partial charge in [-0.25, -0.2) is 4.98 Å². The second-order valence-corrected chi connectivity index (χ2v) is 8.73. The summed E-state index contributed by atoms with van der Waals surface area (Å²) >= 11 is 1.51. The number of anilines is 2. The van der Waals surface area contributed by atoms with Gasteiger partial charge < -0.3 is 10.6 Å². The first-order valence-electron chi connectivity index (χ1n) is 9.90. The molecule has 1 aliphatic heterocycles. The molecular formula is C21H24N4O3S. The van der Waals surface area contributed by atoms with E-state index in [1.165, 1.54) is 18.3 Å². The SMILES string of the molecule is CC(=O)c1ccc(NC(=O)CN2CCc3nc(NC(=O)C4CCC4)sc3C2)cc1. The number of carbonyl (C=O) groups excluding carboxylic acids is 3. The van der Waals surface area contributed by atoms with Crippen LogP contribution in [0.4, 0.5) is 10.8 Å². The van der Waals surface area contributed by atoms with Gasteiger partial charge in [0.2, 0.25) is 11.8 Å². The Hall–Kier alpha value is -2.58. The molecule has 4 rings (SSSR count). The zero-order chi connectivity index (χ0) is 20.4. The van der Waals surface area contributed by atoms with E-state index in [9.17, 15) is 14.4 Å². The van der Waals surface area contributed by atoms with Crippen LogP contribution in [0.25, 0.3) is 0 Å². The van der Waals surface area contributed by atoms with Crippen LogP contribution < -0.4 is 10.6 Å². The van der Waals surface area contributed by atoms with Gasteiger partial charge in [0.05, 0.1) is 12.2 Å². The van der Waals surface area contributed by atoms with Gasteiger partial charge in [0.25, 0.3) is 0 Å². The van der Waals surface area contributed by atoms with Gasteiger partial charge in [-0.3, -0.25) is 19.3 Å². The van der Waals surface area contributed by atoms with E-state index in [0.29, 0.717) is 22.9 Å². The van der Waals surface area contributed by atoms with E-state index in [4.69, 9.17) is 0 Å². The van der Waals surface area contributed by atoms with Crippen molar-refractivity contribution in [3.63, 3.8) is 0 Å². The molecule has 0 radical (unpaired) electrons. The summed E-state index contributed by atoms with van der Waals surface area (Å²) < 4.78 is 0. The van der Waals surface area contributed by atoms with Crippen molar-refractivity contribution in [2.24, 2.45) is 5.92 Å². The number of Topliss-reactive ketones (excluding diaryl/α,β-unsaturated/α-hetero) is 1. The van der Waals surface area contributed by atoms with Crippen LogP contribution in [-0.4, -0.2) is 40.6 Å². The van der Waals surface area contributed by atoms with Crippen molar-refractivity contribution in [1.29, 1.82) is 0 Å². The van der Waals surface area contributed by atoms with Crippen LogP contribution in [0.5, 0.6) is 0 Å². The van der Waals surface area contributed by atoms with Gasteiger partial charge in [-0.05, 0) is 44.0 Å². The van der Waals surface area contributed by atoms with Crippen molar-refractivity contribution >= 4 is 39.8 Å². The van der Waals surface area contributed by atoms with Crippen LogP contribution in [0.2, 0.25) is 0 Å². The third kappa shape index (κ3) is 4.71. The highest BCUT2D eigenvalue weighted by Gasteiger charge is 2.27. The molecule has 2 aliphatic rings. The van der Waals surface area contributed by atoms with Crippen LogP contribution >= 0.6 is 11.3 Å². The van der Waals surface area contributed by atoms with Crippen molar-refractivity contribution in [2.45, 2.75) is 39.2 Å². The number of nitrogens with one attached hydrogen (secondary N) is 2. The van der Waals surface area contributed by atoms with Crippen molar-refractivity contribution < 1.29 is 14.4 Å². The van der Waals surface area contributed by atoms with Gasteiger partial charge in [-0.2, -0.15) is 0 Å². The minimum Gasteiger partial charge on any atom is -0.325 e. The number of carbonyl (C=O) groups is 3. The monoisotopic (exact) mass is 412 g/mol. The number of nitrogens with zero attached hydrogens (tertiary/aromatic N) is 2. The molecule has 0 atom stereocenters. The van der Waals surface area contributed by atoms with Gasteiger partial charge in [0.1, 0.15) is 0 Å². The molecule has 1 saturated carbocycles. The van der Waals surface area contributed by atoms with E-state index < -0.39 is 0 Å². The molecule has 2 N–H and O–H groups in total. The number of hydrogen-bond donors (Lipinski definition) is 2. The van der Waals surface area contributed by atoms with Gasteiger partial charge in [-0.15, -0.1) is 11.3 Å². The molecule has 1 fully saturated rings. The lowest BCUT2D eigenvalue weighted by Gasteiger charge is -2.25. The number of aromatic nitrogens is 1. The molecule has 0 bridgehead atoms. The molecule has 8 heteroatoms. The molecule has 2 aromatic rings. The summed E-state index contributed by atoms with van der Waals surface area (Å²) in [6.07, 6.45) is 3.84. The number of fused-ring (bicyclic) bond motifs is 1. The quantitative estimate of drug-likeness (QED) is 0.712. The lowest BCUT2D eigenvalue weighted by atomic mass is 9.85. The second kappa shape index (κ2) is 8.42. The van der Waals surface area contributed by atoms with Gasteiger partial charge in [0.15, 0.2) is 10.9 Å². The van der Waals surface area contributed by atoms with Crippen LogP contribution in [0.15, 0.2) is 24.3 Å². The van der Waals surface area contributed by atoms with E-state index in [0.717, 1.165) is 42.8 Å². The second-order valence-electron chi connectivity index (χ2n) is 7.65. The summed E-state index contributed by atoms with van der Waals surface area (Å²) in [6.45, 7) is 3.21. The normalized spacial score (nSPS) is 16.6. The third-order valence-electron chi connectivity index (χ3n) is 5.46. The van der Waals surface area contributed by atoms with Gasteiger partial charge in [-0.1, -0.05) is 6.42 Å². The zero-order valence-corrected chi connectivity index (χ0v) is 17.2. The van der Waals surface area contributed by atoms with Crippen molar-refractivity contribution in [3.05, 3.63) is 40.4 Å². The van der Waals surface area contributed by atoms with E-state index in [2.05, 4.69) is 20.5 Å². The Bertz CT molecular complexity index is 934. The summed E-state index contributed by atoms with van der Waals surface area (Å²) in [6, 6.07) is 6.90. The van der Waals surface area contributed by atoms with E-state index in [1.807, 2.05) is 0 Å². The smallest absolute Gasteiger partial charge is 0.238 e. The maximum absolute atomic E-state index is 12.4. The molecule has 1 aliphatic carbocycles. The number of thiazole rings is 1. The summed E-state index contributed by atoms with van der Waals surface area (Å²) in [4.78, 5) is 43.6. The number of ketones is 1. The van der Waals surface area contributed by atoms with Crippen molar-refractivity contribution in [1.82, 2.24) is 9.88 Å². The Labute approximate surface area is 173 Å². The van der Waals surface area contributed by atoms with Gasteiger partial charge >= 0.3 is 0 Å². The number of benzene rings is 1. The summed E-state index contributed by atoms with van der Waals surface area (Å²) in [5.41, 5.74) is 2.32. The Balaban J connectivity index is 1.30. The molecule has 0 saturated heterocycles. The average Bonchev–Trinajstić information content (AvgIpc) is 3.01. The number of hydrogen-bond acceptors (Lipinski definition) is 6. The fourth-order valence-electron chi connectivity index (χ4n) is 3.51. The topological polar surface area (TPSA) is 91.4 Å². The molecule has 7 nitrogen and oxygen atoms in total. The van der Waals surface area contributed by atoms with Crippen LogP contribution in [0, 0.1) is 5.92 Å². The number of amides is 2. The summed E-state index contributed by atoms with van der Waals surface area (Å²) in [7, 11) is 0. The van der Waals surface area contributed by atoms with Crippen LogP contribution in [-0.2, 0) is 22.6 Å². The summed E-state index contributed by atoms with van der Waals surface area (Å²) in [5, 5.41) is 6.49. The first-order chi connectivity index (χ1) is 14.0. The molecule has 0 unspecified atom stereocenters. The lowest BCUT2D eigenvalue weighted by molar-refractivity contribution is -0.122. The Morgan fingerprint density at radius 1 is 1.17 bits per heavy atom. The highest BCUT2D eigenvalue weighted by molar-refractivity contribution is 7.15. The van der Waals surface area contributed by atoms with Crippen LogP contribution in [0.1, 0.15) is 47.1 Å². The van der Waals surface area contributed by atoms with E-state index >= 15 is 0 Å². The average molecular weight is 413 g/mol. The van der Waals surface area contributed by atoms with Crippen molar-refractivity contribution in [2.75, 3.05) is 23.7 Å². The first-order valence-corrected chi connectivity index (χ1v) is 10.7. The maximum atomic E-state index is 12.4. The van der Waals surface area contributed by atoms with Gasteiger partial charge in [0, 0.05) is 41.6 Å². The van der Waals surface area contributed by atoms with Crippen molar-refractivity contribution in [3.8, 4) is 0 Å². The predicted molar refractivity (Wildman–Crippen MR) is 112 cm³/mol. The Morgan fingerprint density at radius 2 is 1.93 bits per heavy atom. The predicted octanol–water partition coefficient (Wildman–Crippen LogP) is 3.08. The molecule has 2 heterocycles. The molecule has 29 heavy (non-hydrogen) atoms. The fourth-order valence-corrected chi connectivity index (χ4v) is 4.56. The fraction of sp³-hybridized carbons (Fsp3) is 0.429. The molecule has 2 amide bonds. The highest BCUT2D eigenvalue weighted by atomic mass is 32.1. The van der Waals surface area contributed by atoms with Crippen LogP contribution in [0.3, 0.4) is 0 Å².